The lowest BCUT2D eigenvalue weighted by atomic mass is 9.90. The third-order valence-electron chi connectivity index (χ3n) is 3.60. The topological polar surface area (TPSA) is 27.7 Å². The van der Waals surface area contributed by atoms with E-state index in [9.17, 15) is 0 Å². The third kappa shape index (κ3) is 0.837. The molecule has 2 aliphatic heterocycles. The lowest BCUT2D eigenvalue weighted by Gasteiger charge is -2.32. The first-order chi connectivity index (χ1) is 6.70. The van der Waals surface area contributed by atoms with Gasteiger partial charge in [0.15, 0.2) is 0 Å². The number of ether oxygens (including phenoxy) is 3. The number of hydrogen-bond acceptors (Lipinski definition) is 4. The van der Waals surface area contributed by atoms with E-state index in [-0.39, 0.29) is 22.5 Å². The molecule has 3 unspecified atom stereocenters. The summed E-state index contributed by atoms with van der Waals surface area (Å²) >= 11 is 1.83. The van der Waals surface area contributed by atoms with E-state index in [1.54, 1.807) is 14.2 Å². The molecule has 2 bridgehead atoms. The molecular formula is C9H13BO3S. The number of hydrogen-bond donors (Lipinski definition) is 0. The molecule has 3 aliphatic rings. The van der Waals surface area contributed by atoms with Crippen molar-refractivity contribution in [2.45, 2.75) is 22.5 Å². The van der Waals surface area contributed by atoms with Crippen LogP contribution in [0.3, 0.4) is 0 Å². The van der Waals surface area contributed by atoms with Gasteiger partial charge in [-0.2, -0.15) is 0 Å². The molecule has 3 fully saturated rings. The van der Waals surface area contributed by atoms with Gasteiger partial charge in [-0.25, -0.2) is 0 Å². The minimum Gasteiger partial charge on any atom is -0.382 e. The molecule has 2 saturated heterocycles. The van der Waals surface area contributed by atoms with Crippen LogP contribution in [0.5, 0.6) is 0 Å². The molecule has 0 aromatic heterocycles. The first-order valence-corrected chi connectivity index (χ1v) is 5.80. The van der Waals surface area contributed by atoms with Crippen LogP contribution in [0.2, 0.25) is 5.82 Å². The van der Waals surface area contributed by atoms with Crippen molar-refractivity contribution in [2.24, 2.45) is 5.92 Å². The van der Waals surface area contributed by atoms with Gasteiger partial charge in [-0.05, 0) is 5.82 Å². The molecule has 14 heavy (non-hydrogen) atoms. The lowest BCUT2D eigenvalue weighted by molar-refractivity contribution is -0.116. The van der Waals surface area contributed by atoms with Crippen LogP contribution in [0.15, 0.2) is 0 Å². The smallest absolute Gasteiger partial charge is 0.129 e. The maximum Gasteiger partial charge on any atom is 0.129 e. The molecule has 0 aromatic rings. The Morgan fingerprint density at radius 3 is 3.00 bits per heavy atom. The van der Waals surface area contributed by atoms with E-state index < -0.39 is 0 Å². The molecular weight excluding hydrogens is 199 g/mol. The van der Waals surface area contributed by atoms with Crippen molar-refractivity contribution in [2.75, 3.05) is 26.6 Å². The Morgan fingerprint density at radius 2 is 2.36 bits per heavy atom. The van der Waals surface area contributed by atoms with Crippen LogP contribution in [0, 0.1) is 5.92 Å². The maximum atomic E-state index is 6.07. The Balaban J connectivity index is 1.89. The number of thioether (sulfide) groups is 1. The van der Waals surface area contributed by atoms with E-state index in [4.69, 9.17) is 22.1 Å². The van der Waals surface area contributed by atoms with Crippen LogP contribution < -0.4 is 0 Å². The minimum absolute atomic E-state index is 0.110. The summed E-state index contributed by atoms with van der Waals surface area (Å²) in [6.07, 6.45) is 0.110. The zero-order valence-corrected chi connectivity index (χ0v) is 9.17. The van der Waals surface area contributed by atoms with Crippen molar-refractivity contribution < 1.29 is 14.2 Å². The van der Waals surface area contributed by atoms with Gasteiger partial charge in [-0.3, -0.25) is 0 Å². The Bertz CT molecular complexity index is 277. The van der Waals surface area contributed by atoms with Gasteiger partial charge in [0, 0.05) is 25.9 Å². The van der Waals surface area contributed by atoms with E-state index >= 15 is 0 Å². The van der Waals surface area contributed by atoms with E-state index in [1.165, 1.54) is 0 Å². The molecule has 0 aromatic carbocycles. The van der Waals surface area contributed by atoms with Crippen LogP contribution >= 0.6 is 11.8 Å². The first kappa shape index (κ1) is 9.52. The van der Waals surface area contributed by atoms with Gasteiger partial charge >= 0.3 is 0 Å². The van der Waals surface area contributed by atoms with Gasteiger partial charge in [-0.1, -0.05) is 0 Å². The molecule has 1 spiro atoms. The van der Waals surface area contributed by atoms with Crippen molar-refractivity contribution in [1.82, 2.24) is 0 Å². The molecule has 3 nitrogen and oxygen atoms in total. The van der Waals surface area contributed by atoms with E-state index in [2.05, 4.69) is 0 Å². The average Bonchev–Trinajstić information content (AvgIpc) is 2.57. The highest BCUT2D eigenvalue weighted by atomic mass is 32.2. The van der Waals surface area contributed by atoms with Crippen LogP contribution in [-0.2, 0) is 14.2 Å². The summed E-state index contributed by atoms with van der Waals surface area (Å²) in [6.45, 7) is 0.601. The van der Waals surface area contributed by atoms with E-state index in [1.807, 2.05) is 11.8 Å². The predicted octanol–water partition coefficient (Wildman–Crippen LogP) is 0.447. The quantitative estimate of drug-likeness (QED) is 0.634. The van der Waals surface area contributed by atoms with Crippen LogP contribution in [0.25, 0.3) is 0 Å². The Hall–Kier alpha value is 0.295. The van der Waals surface area contributed by atoms with Crippen molar-refractivity contribution >= 4 is 19.6 Å². The van der Waals surface area contributed by atoms with Crippen molar-refractivity contribution in [1.29, 1.82) is 0 Å². The molecule has 2 heterocycles. The summed E-state index contributed by atoms with van der Waals surface area (Å²) in [4.78, 5) is -0.140. The normalized spacial score (nSPS) is 58.9. The summed E-state index contributed by atoms with van der Waals surface area (Å²) in [6, 6.07) is 0. The zero-order valence-electron chi connectivity index (χ0n) is 8.36. The monoisotopic (exact) mass is 212 g/mol. The molecule has 1 aliphatic carbocycles. The molecule has 2 radical (unpaired) electrons. The summed E-state index contributed by atoms with van der Waals surface area (Å²) in [5, 5.41) is 0. The maximum absolute atomic E-state index is 6.07. The summed E-state index contributed by atoms with van der Waals surface area (Å²) in [7, 11) is 9.43. The minimum atomic E-state index is -0.241. The lowest BCUT2D eigenvalue weighted by Crippen LogP contribution is -2.48. The Kier molecular flexibility index (Phi) is 1.83. The average molecular weight is 212 g/mol. The second kappa shape index (κ2) is 2.70. The van der Waals surface area contributed by atoms with Crippen molar-refractivity contribution in [3.8, 4) is 0 Å². The van der Waals surface area contributed by atoms with E-state index in [0.717, 1.165) is 5.75 Å². The third-order valence-corrected chi connectivity index (χ3v) is 5.31. The van der Waals surface area contributed by atoms with Gasteiger partial charge in [0.2, 0.25) is 0 Å². The standard InChI is InChI=1S/C9H13BO3S/c1-11-3-8-4-14-9(13-8)5(6(9)10)7(8)12-2/h5-7H,3-4H2,1-2H3/t5?,6-,7?,8+,9?/m0/s1. The first-order valence-electron chi connectivity index (χ1n) is 4.82. The molecule has 0 N–H and O–H groups in total. The van der Waals surface area contributed by atoms with Crippen molar-refractivity contribution in [3.63, 3.8) is 0 Å². The van der Waals surface area contributed by atoms with Crippen molar-refractivity contribution in [3.05, 3.63) is 0 Å². The molecule has 76 valence electrons. The molecule has 5 atom stereocenters. The largest absolute Gasteiger partial charge is 0.382 e. The van der Waals surface area contributed by atoms with Gasteiger partial charge in [0.05, 0.1) is 20.6 Å². The Morgan fingerprint density at radius 1 is 1.57 bits per heavy atom. The molecule has 3 rings (SSSR count). The highest BCUT2D eigenvalue weighted by molar-refractivity contribution is 8.01. The molecule has 0 amide bonds. The Labute approximate surface area is 89.3 Å². The second-order valence-corrected chi connectivity index (χ2v) is 5.53. The fourth-order valence-electron chi connectivity index (χ4n) is 2.96. The highest BCUT2D eigenvalue weighted by Crippen LogP contribution is 2.77. The van der Waals surface area contributed by atoms with Gasteiger partial charge in [-0.15, -0.1) is 11.8 Å². The van der Waals surface area contributed by atoms with Crippen LogP contribution in [0.4, 0.5) is 0 Å². The fourth-order valence-corrected chi connectivity index (χ4v) is 4.69. The van der Waals surface area contributed by atoms with Crippen LogP contribution in [-0.4, -0.2) is 51.1 Å². The SMILES string of the molecule is [B][C@H]1C2C(OC)[C@@]3(COC)CSC21O3. The zero-order chi connectivity index (χ0) is 9.97. The van der Waals surface area contributed by atoms with E-state index in [0.29, 0.717) is 12.5 Å². The summed E-state index contributed by atoms with van der Waals surface area (Å²) in [5.74, 6) is 1.44. The predicted molar refractivity (Wildman–Crippen MR) is 54.7 cm³/mol. The summed E-state index contributed by atoms with van der Waals surface area (Å²) < 4.78 is 16.8. The highest BCUT2D eigenvalue weighted by Gasteiger charge is 2.81. The number of methoxy groups -OCH3 is 2. The second-order valence-electron chi connectivity index (χ2n) is 4.32. The number of fused-ring (bicyclic) bond motifs is 1. The van der Waals surface area contributed by atoms with Gasteiger partial charge in [0.25, 0.3) is 0 Å². The molecule has 1 saturated carbocycles. The molecule has 5 heteroatoms. The van der Waals surface area contributed by atoms with Gasteiger partial charge < -0.3 is 14.2 Å². The fraction of sp³-hybridized carbons (Fsp3) is 1.00. The summed E-state index contributed by atoms with van der Waals surface area (Å²) in [5.41, 5.74) is -0.241. The number of rotatable bonds is 3. The van der Waals surface area contributed by atoms with Gasteiger partial charge in [0.1, 0.15) is 10.5 Å². The van der Waals surface area contributed by atoms with Crippen LogP contribution in [0.1, 0.15) is 0 Å².